The Bertz CT molecular complexity index is 1330. The van der Waals surface area contributed by atoms with Gasteiger partial charge in [0, 0.05) is 79.0 Å². The minimum Gasteiger partial charge on any atom is -0.384 e. The predicted molar refractivity (Wildman–Crippen MR) is 142 cm³/mol. The van der Waals surface area contributed by atoms with Crippen molar-refractivity contribution in [2.75, 3.05) is 59.4 Å². The molecule has 0 bridgehead atoms. The summed E-state index contributed by atoms with van der Waals surface area (Å²) in [6.07, 6.45) is 6.90. The third kappa shape index (κ3) is 4.09. The number of nitrogens with zero attached hydrogens (tertiary/aromatic N) is 5. The summed E-state index contributed by atoms with van der Waals surface area (Å²) in [5.74, 6) is 1.82. The van der Waals surface area contributed by atoms with E-state index in [1.54, 1.807) is 11.8 Å². The molecule has 0 spiro atoms. The topological polar surface area (TPSA) is 69.2 Å². The van der Waals surface area contributed by atoms with Gasteiger partial charge in [0.2, 0.25) is 0 Å². The van der Waals surface area contributed by atoms with Crippen LogP contribution >= 0.6 is 11.8 Å². The number of fused-ring (bicyclic) bond motifs is 2. The van der Waals surface area contributed by atoms with Gasteiger partial charge in [-0.1, -0.05) is 23.9 Å². The first-order valence-electron chi connectivity index (χ1n) is 11.7. The Morgan fingerprint density at radius 3 is 2.74 bits per heavy atom. The van der Waals surface area contributed by atoms with Crippen molar-refractivity contribution in [2.45, 2.75) is 11.6 Å². The average molecular weight is 470 g/mol. The largest absolute Gasteiger partial charge is 0.384 e. The SMILES string of the molecule is CSc1nc(Nc2ccc3c(c2)CCN3)cc(N2CCN(c3cccc4cnccc34)CC2)n1. The van der Waals surface area contributed by atoms with Crippen LogP contribution in [0, 0.1) is 0 Å². The van der Waals surface area contributed by atoms with E-state index in [1.807, 2.05) is 18.6 Å². The minimum absolute atomic E-state index is 0.784. The Labute approximate surface area is 203 Å². The molecule has 2 aromatic heterocycles. The molecular weight excluding hydrogens is 442 g/mol. The molecule has 2 aromatic carbocycles. The van der Waals surface area contributed by atoms with Crippen molar-refractivity contribution in [2.24, 2.45) is 0 Å². The molecule has 34 heavy (non-hydrogen) atoms. The van der Waals surface area contributed by atoms with Crippen LogP contribution in [0.1, 0.15) is 5.56 Å². The van der Waals surface area contributed by atoms with E-state index in [4.69, 9.17) is 9.97 Å². The van der Waals surface area contributed by atoms with Crippen molar-refractivity contribution in [1.29, 1.82) is 0 Å². The lowest BCUT2D eigenvalue weighted by Crippen LogP contribution is -2.47. The molecule has 0 unspecified atom stereocenters. The summed E-state index contributed by atoms with van der Waals surface area (Å²) in [5.41, 5.74) is 4.93. The van der Waals surface area contributed by atoms with Crippen molar-refractivity contribution in [3.63, 3.8) is 0 Å². The molecule has 1 fully saturated rings. The van der Waals surface area contributed by atoms with Crippen LogP contribution in [0.2, 0.25) is 0 Å². The molecule has 0 aliphatic carbocycles. The van der Waals surface area contributed by atoms with E-state index in [0.717, 1.165) is 61.6 Å². The fraction of sp³-hybridized carbons (Fsp3) is 0.269. The molecule has 4 aromatic rings. The Morgan fingerprint density at radius 1 is 0.971 bits per heavy atom. The van der Waals surface area contributed by atoms with Gasteiger partial charge in [0.15, 0.2) is 5.16 Å². The maximum atomic E-state index is 4.82. The molecule has 2 aliphatic heterocycles. The average Bonchev–Trinajstić information content (AvgIpc) is 3.36. The van der Waals surface area contributed by atoms with Crippen LogP contribution in [0.25, 0.3) is 10.8 Å². The van der Waals surface area contributed by atoms with Gasteiger partial charge < -0.3 is 20.4 Å². The van der Waals surface area contributed by atoms with Gasteiger partial charge in [0.05, 0.1) is 0 Å². The molecule has 1 saturated heterocycles. The highest BCUT2D eigenvalue weighted by molar-refractivity contribution is 7.98. The second kappa shape index (κ2) is 9.02. The zero-order valence-electron chi connectivity index (χ0n) is 19.2. The molecule has 2 N–H and O–H groups in total. The van der Waals surface area contributed by atoms with Crippen LogP contribution in [-0.4, -0.2) is 53.9 Å². The Hall–Kier alpha value is -3.52. The zero-order valence-corrected chi connectivity index (χ0v) is 20.0. The normalized spacial score (nSPS) is 15.3. The Kier molecular flexibility index (Phi) is 5.58. The summed E-state index contributed by atoms with van der Waals surface area (Å²) in [6, 6.07) is 17.1. The second-order valence-corrected chi connectivity index (χ2v) is 9.39. The smallest absolute Gasteiger partial charge is 0.191 e. The zero-order chi connectivity index (χ0) is 22.9. The van der Waals surface area contributed by atoms with Gasteiger partial charge in [0.25, 0.3) is 0 Å². The molecule has 2 aliphatic rings. The Balaban J connectivity index is 1.20. The number of pyridine rings is 1. The third-order valence-corrected chi connectivity index (χ3v) is 7.11. The van der Waals surface area contributed by atoms with E-state index in [0.29, 0.717) is 0 Å². The fourth-order valence-electron chi connectivity index (χ4n) is 4.82. The molecule has 0 atom stereocenters. The van der Waals surface area contributed by atoms with E-state index in [2.05, 4.69) is 73.9 Å². The monoisotopic (exact) mass is 469 g/mol. The summed E-state index contributed by atoms with van der Waals surface area (Å²) in [6.45, 7) is 4.72. The number of thioether (sulfide) groups is 1. The molecule has 6 rings (SSSR count). The number of rotatable bonds is 5. The number of aromatic nitrogens is 3. The van der Waals surface area contributed by atoms with Gasteiger partial charge >= 0.3 is 0 Å². The van der Waals surface area contributed by atoms with Crippen molar-refractivity contribution in [3.8, 4) is 0 Å². The number of hydrogen-bond acceptors (Lipinski definition) is 8. The van der Waals surface area contributed by atoms with Gasteiger partial charge in [-0.2, -0.15) is 0 Å². The molecule has 0 radical (unpaired) electrons. The Morgan fingerprint density at radius 2 is 1.85 bits per heavy atom. The first kappa shape index (κ1) is 21.0. The number of hydrogen-bond donors (Lipinski definition) is 2. The summed E-state index contributed by atoms with van der Waals surface area (Å²) < 4.78 is 0. The maximum absolute atomic E-state index is 4.82. The van der Waals surface area contributed by atoms with Crippen LogP contribution < -0.4 is 20.4 Å². The molecule has 0 amide bonds. The first-order valence-corrected chi connectivity index (χ1v) is 12.9. The van der Waals surface area contributed by atoms with Crippen LogP contribution in [0.5, 0.6) is 0 Å². The van der Waals surface area contributed by atoms with Gasteiger partial charge in [-0.25, -0.2) is 9.97 Å². The fourth-order valence-corrected chi connectivity index (χ4v) is 5.19. The van der Waals surface area contributed by atoms with Gasteiger partial charge in [-0.05, 0) is 48.6 Å². The predicted octanol–water partition coefficient (Wildman–Crippen LogP) is 4.78. The van der Waals surface area contributed by atoms with Gasteiger partial charge in [-0.3, -0.25) is 4.98 Å². The summed E-state index contributed by atoms with van der Waals surface area (Å²) in [4.78, 5) is 18.6. The highest BCUT2D eigenvalue weighted by atomic mass is 32.2. The van der Waals surface area contributed by atoms with E-state index in [-0.39, 0.29) is 0 Å². The highest BCUT2D eigenvalue weighted by Crippen LogP contribution is 2.30. The maximum Gasteiger partial charge on any atom is 0.191 e. The van der Waals surface area contributed by atoms with Gasteiger partial charge in [0.1, 0.15) is 11.6 Å². The van der Waals surface area contributed by atoms with E-state index >= 15 is 0 Å². The number of nitrogens with one attached hydrogen (secondary N) is 2. The van der Waals surface area contributed by atoms with E-state index in [1.165, 1.54) is 27.7 Å². The van der Waals surface area contributed by atoms with Crippen LogP contribution in [-0.2, 0) is 6.42 Å². The lowest BCUT2D eigenvalue weighted by atomic mass is 10.1. The summed E-state index contributed by atoms with van der Waals surface area (Å²) in [5, 5.41) is 10.1. The highest BCUT2D eigenvalue weighted by Gasteiger charge is 2.21. The molecule has 4 heterocycles. The van der Waals surface area contributed by atoms with Crippen molar-refractivity contribution < 1.29 is 0 Å². The number of anilines is 5. The number of benzene rings is 2. The van der Waals surface area contributed by atoms with Crippen LogP contribution in [0.4, 0.5) is 28.7 Å². The lowest BCUT2D eigenvalue weighted by Gasteiger charge is -2.37. The molecular formula is C26H27N7S. The van der Waals surface area contributed by atoms with Crippen LogP contribution in [0.3, 0.4) is 0 Å². The van der Waals surface area contributed by atoms with Crippen molar-refractivity contribution >= 4 is 51.2 Å². The summed E-state index contributed by atoms with van der Waals surface area (Å²) in [7, 11) is 0. The molecule has 0 saturated carbocycles. The van der Waals surface area contributed by atoms with E-state index in [9.17, 15) is 0 Å². The van der Waals surface area contributed by atoms with Crippen molar-refractivity contribution in [1.82, 2.24) is 15.0 Å². The number of piperazine rings is 1. The molecule has 172 valence electrons. The lowest BCUT2D eigenvalue weighted by molar-refractivity contribution is 0.645. The molecule has 7 nitrogen and oxygen atoms in total. The quantitative estimate of drug-likeness (QED) is 0.320. The third-order valence-electron chi connectivity index (χ3n) is 6.56. The van der Waals surface area contributed by atoms with Gasteiger partial charge in [-0.15, -0.1) is 0 Å². The van der Waals surface area contributed by atoms with E-state index < -0.39 is 0 Å². The minimum atomic E-state index is 0.784. The second-order valence-electron chi connectivity index (χ2n) is 8.62. The summed E-state index contributed by atoms with van der Waals surface area (Å²) >= 11 is 1.58. The molecule has 8 heteroatoms. The van der Waals surface area contributed by atoms with Crippen molar-refractivity contribution in [3.05, 3.63) is 66.5 Å². The first-order chi connectivity index (χ1) is 16.8. The standard InChI is InChI=1S/C26H27N7S/c1-34-26-30-24(29-20-5-6-22-18(15-20)7-10-28-22)16-25(31-26)33-13-11-32(12-14-33)23-4-2-3-19-17-27-9-8-21(19)23/h2-6,8-9,15-17,28H,7,10-14H2,1H3,(H,29,30,31). The van der Waals surface area contributed by atoms with Crippen LogP contribution in [0.15, 0.2) is 66.1 Å².